The third-order valence-electron chi connectivity index (χ3n) is 7.04. The maximum Gasteiger partial charge on any atom is 0.316 e. The molecule has 2 heterocycles. The van der Waals surface area contributed by atoms with Crippen LogP contribution in [0.1, 0.15) is 50.2 Å². The van der Waals surface area contributed by atoms with E-state index in [4.69, 9.17) is 10.5 Å². The minimum atomic E-state index is -3.86. The van der Waals surface area contributed by atoms with Gasteiger partial charge in [-0.3, -0.25) is 14.3 Å². The van der Waals surface area contributed by atoms with Gasteiger partial charge in [0.05, 0.1) is 17.8 Å². The minimum Gasteiger partial charge on any atom is -0.461 e. The minimum absolute atomic E-state index is 0.0156. The lowest BCUT2D eigenvalue weighted by Crippen LogP contribution is -2.46. The van der Waals surface area contributed by atoms with E-state index in [1.807, 2.05) is 43.3 Å². The number of ether oxygens (including phenoxy) is 1. The molecular formula is C30H35N3O5S. The molecule has 2 aromatic carbocycles. The van der Waals surface area contributed by atoms with Gasteiger partial charge in [0.1, 0.15) is 12.0 Å². The Labute approximate surface area is 230 Å². The van der Waals surface area contributed by atoms with Gasteiger partial charge in [0.25, 0.3) is 10.0 Å². The van der Waals surface area contributed by atoms with Gasteiger partial charge >= 0.3 is 5.97 Å². The number of ketones is 1. The lowest BCUT2D eigenvalue weighted by molar-refractivity contribution is -0.171. The summed E-state index contributed by atoms with van der Waals surface area (Å²) in [6.07, 6.45) is 5.42. The van der Waals surface area contributed by atoms with E-state index < -0.39 is 21.9 Å². The highest BCUT2D eigenvalue weighted by Gasteiger charge is 2.43. The molecule has 2 unspecified atom stereocenters. The van der Waals surface area contributed by atoms with Crippen molar-refractivity contribution in [2.75, 3.05) is 10.5 Å². The number of pyridine rings is 1. The standard InChI is InChI=1S/C30H35N3O5S/c1-2-8-27-25(17-15-21-9-4-3-5-10-21)29(34)26(30(35)38-27)14-7-12-22-11-6-13-24(19-22)33-39(36,37)28-18-16-23(31)20-32-28/h3-6,9-11,13,16,18-20,25-27,33H,2,7-8,12,14-15,17,31H2,1H3/t25?,26?,27-/m1/s1. The Kier molecular flexibility index (Phi) is 9.35. The van der Waals surface area contributed by atoms with Crippen LogP contribution in [0, 0.1) is 11.8 Å². The first-order valence-corrected chi connectivity index (χ1v) is 14.9. The fourth-order valence-corrected chi connectivity index (χ4v) is 6.01. The number of Topliss-reactive ketones (excluding diaryl/α,β-unsaturated/α-hetero) is 1. The summed E-state index contributed by atoms with van der Waals surface area (Å²) in [5.41, 5.74) is 8.43. The van der Waals surface area contributed by atoms with Crippen molar-refractivity contribution in [2.45, 2.75) is 63.0 Å². The van der Waals surface area contributed by atoms with Gasteiger partial charge in [-0.15, -0.1) is 0 Å². The van der Waals surface area contributed by atoms with Crippen LogP contribution in [0.4, 0.5) is 11.4 Å². The van der Waals surface area contributed by atoms with E-state index in [1.165, 1.54) is 18.3 Å². The number of nitrogen functional groups attached to an aromatic ring is 1. The highest BCUT2D eigenvalue weighted by Crippen LogP contribution is 2.32. The number of nitrogens with one attached hydrogen (secondary N) is 1. The zero-order valence-corrected chi connectivity index (χ0v) is 22.9. The Bertz CT molecular complexity index is 1380. The predicted octanol–water partition coefficient (Wildman–Crippen LogP) is 4.95. The average molecular weight is 550 g/mol. The highest BCUT2D eigenvalue weighted by atomic mass is 32.2. The van der Waals surface area contributed by atoms with Crippen molar-refractivity contribution >= 4 is 33.2 Å². The normalized spacial score (nSPS) is 19.5. The van der Waals surface area contributed by atoms with Crippen molar-refractivity contribution < 1.29 is 22.7 Å². The second kappa shape index (κ2) is 12.9. The molecule has 0 spiro atoms. The molecule has 0 saturated carbocycles. The fourth-order valence-electron chi connectivity index (χ4n) is 5.03. The van der Waals surface area contributed by atoms with E-state index in [-0.39, 0.29) is 22.8 Å². The molecule has 1 saturated heterocycles. The first kappa shape index (κ1) is 28.3. The predicted molar refractivity (Wildman–Crippen MR) is 150 cm³/mol. The SMILES string of the molecule is CCC[C@H]1OC(=O)C(CCCc2cccc(NS(=O)(=O)c3ccc(N)cn3)c2)C(=O)C1CCc1ccccc1. The second-order valence-corrected chi connectivity index (χ2v) is 11.6. The van der Waals surface area contributed by atoms with Gasteiger partial charge in [-0.1, -0.05) is 55.8 Å². The van der Waals surface area contributed by atoms with E-state index >= 15 is 0 Å². The Morgan fingerprint density at radius 2 is 1.69 bits per heavy atom. The number of carbonyl (C=O) groups is 2. The lowest BCUT2D eigenvalue weighted by atomic mass is 9.79. The quantitative estimate of drug-likeness (QED) is 0.242. The summed E-state index contributed by atoms with van der Waals surface area (Å²) in [6, 6.07) is 19.9. The summed E-state index contributed by atoms with van der Waals surface area (Å²) < 4.78 is 33.6. The molecule has 9 heteroatoms. The summed E-state index contributed by atoms with van der Waals surface area (Å²) >= 11 is 0. The topological polar surface area (TPSA) is 128 Å². The monoisotopic (exact) mass is 549 g/mol. The molecule has 0 radical (unpaired) electrons. The molecule has 206 valence electrons. The van der Waals surface area contributed by atoms with Crippen molar-refractivity contribution in [1.82, 2.24) is 4.98 Å². The summed E-state index contributed by atoms with van der Waals surface area (Å²) in [4.78, 5) is 30.1. The molecule has 1 aliphatic rings. The van der Waals surface area contributed by atoms with Crippen LogP contribution in [0.15, 0.2) is 78.0 Å². The Hall–Kier alpha value is -3.72. The molecule has 0 bridgehead atoms. The fraction of sp³-hybridized carbons (Fsp3) is 0.367. The lowest BCUT2D eigenvalue weighted by Gasteiger charge is -2.34. The van der Waals surface area contributed by atoms with Crippen LogP contribution >= 0.6 is 0 Å². The van der Waals surface area contributed by atoms with E-state index in [1.54, 1.807) is 18.2 Å². The first-order valence-electron chi connectivity index (χ1n) is 13.4. The van der Waals surface area contributed by atoms with Crippen molar-refractivity contribution in [3.8, 4) is 0 Å². The van der Waals surface area contributed by atoms with Gasteiger partial charge in [0.2, 0.25) is 0 Å². The van der Waals surface area contributed by atoms with Crippen molar-refractivity contribution in [2.24, 2.45) is 11.8 Å². The molecule has 1 aromatic heterocycles. The van der Waals surface area contributed by atoms with E-state index in [0.717, 1.165) is 24.0 Å². The van der Waals surface area contributed by atoms with Crippen LogP contribution in [-0.2, 0) is 37.2 Å². The number of nitrogens with zero attached hydrogens (tertiary/aromatic N) is 1. The summed E-state index contributed by atoms with van der Waals surface area (Å²) in [5, 5.41) is -0.125. The molecule has 3 aromatic rings. The number of anilines is 2. The van der Waals surface area contributed by atoms with Crippen LogP contribution in [-0.4, -0.2) is 31.3 Å². The molecule has 3 atom stereocenters. The maximum atomic E-state index is 13.5. The van der Waals surface area contributed by atoms with Gasteiger partial charge < -0.3 is 10.5 Å². The number of rotatable bonds is 12. The molecule has 8 nitrogen and oxygen atoms in total. The van der Waals surface area contributed by atoms with Gasteiger partial charge in [-0.2, -0.15) is 8.42 Å². The smallest absolute Gasteiger partial charge is 0.316 e. The average Bonchev–Trinajstić information content (AvgIpc) is 2.91. The van der Waals surface area contributed by atoms with E-state index in [9.17, 15) is 18.0 Å². The number of sulfonamides is 1. The number of aromatic nitrogens is 1. The van der Waals surface area contributed by atoms with Gasteiger partial charge in [0, 0.05) is 5.69 Å². The molecule has 4 rings (SSSR count). The molecular weight excluding hydrogens is 514 g/mol. The number of aryl methyl sites for hydroxylation is 2. The van der Waals surface area contributed by atoms with Gasteiger partial charge in [0.15, 0.2) is 10.8 Å². The van der Waals surface area contributed by atoms with Crippen molar-refractivity contribution in [1.29, 1.82) is 0 Å². The van der Waals surface area contributed by atoms with Crippen LogP contribution in [0.25, 0.3) is 0 Å². The van der Waals surface area contributed by atoms with Crippen LogP contribution in [0.3, 0.4) is 0 Å². The molecule has 3 N–H and O–H groups in total. The molecule has 1 aliphatic heterocycles. The zero-order valence-electron chi connectivity index (χ0n) is 22.1. The largest absolute Gasteiger partial charge is 0.461 e. The van der Waals surface area contributed by atoms with Crippen LogP contribution < -0.4 is 10.5 Å². The third kappa shape index (κ3) is 7.44. The number of hydrogen-bond donors (Lipinski definition) is 2. The highest BCUT2D eigenvalue weighted by molar-refractivity contribution is 7.92. The first-order chi connectivity index (χ1) is 18.8. The van der Waals surface area contributed by atoms with Crippen molar-refractivity contribution in [3.05, 3.63) is 84.1 Å². The number of nitrogens with two attached hydrogens (primary N) is 1. The summed E-state index contributed by atoms with van der Waals surface area (Å²) in [5.74, 6) is -1.50. The Morgan fingerprint density at radius 1 is 0.923 bits per heavy atom. The molecule has 0 aliphatic carbocycles. The summed E-state index contributed by atoms with van der Waals surface area (Å²) in [7, 11) is -3.86. The zero-order chi connectivity index (χ0) is 27.8. The number of cyclic esters (lactones) is 1. The summed E-state index contributed by atoms with van der Waals surface area (Å²) in [6.45, 7) is 2.03. The third-order valence-corrected chi connectivity index (χ3v) is 8.34. The van der Waals surface area contributed by atoms with Crippen LogP contribution in [0.5, 0.6) is 0 Å². The Balaban J connectivity index is 1.36. The number of carbonyl (C=O) groups excluding carboxylic acids is 2. The van der Waals surface area contributed by atoms with Gasteiger partial charge in [-0.05, 0) is 73.9 Å². The van der Waals surface area contributed by atoms with E-state index in [2.05, 4.69) is 9.71 Å². The van der Waals surface area contributed by atoms with Gasteiger partial charge in [-0.25, -0.2) is 4.98 Å². The molecule has 0 amide bonds. The molecule has 1 fully saturated rings. The second-order valence-electron chi connectivity index (χ2n) is 9.98. The van der Waals surface area contributed by atoms with E-state index in [0.29, 0.717) is 43.5 Å². The molecule has 39 heavy (non-hydrogen) atoms. The van der Waals surface area contributed by atoms with Crippen molar-refractivity contribution in [3.63, 3.8) is 0 Å². The Morgan fingerprint density at radius 3 is 2.41 bits per heavy atom. The number of benzene rings is 2. The number of hydrogen-bond acceptors (Lipinski definition) is 7. The maximum absolute atomic E-state index is 13.5. The number of esters is 1. The van der Waals surface area contributed by atoms with Crippen LogP contribution in [0.2, 0.25) is 0 Å².